The van der Waals surface area contributed by atoms with Gasteiger partial charge >= 0.3 is 0 Å². The van der Waals surface area contributed by atoms with Gasteiger partial charge in [0.25, 0.3) is 5.91 Å². The molecule has 0 atom stereocenters. The van der Waals surface area contributed by atoms with E-state index in [2.05, 4.69) is 15.6 Å². The van der Waals surface area contributed by atoms with E-state index >= 15 is 0 Å². The monoisotopic (exact) mass is 314 g/mol. The maximum Gasteiger partial charge on any atom is 0.251 e. The van der Waals surface area contributed by atoms with Gasteiger partial charge in [0.05, 0.1) is 5.75 Å². The lowest BCUT2D eigenvalue weighted by atomic mass is 10.1. The Balaban J connectivity index is 2.66. The maximum atomic E-state index is 12.0. The van der Waals surface area contributed by atoms with Gasteiger partial charge in [-0.25, -0.2) is 18.5 Å². The van der Waals surface area contributed by atoms with Crippen molar-refractivity contribution in [1.82, 2.24) is 10.3 Å². The Morgan fingerprint density at radius 1 is 1.38 bits per heavy atom. The lowest BCUT2D eigenvalue weighted by Gasteiger charge is -2.09. The number of anilines is 1. The second-order valence-electron chi connectivity index (χ2n) is 4.71. The Kier molecular flexibility index (Phi) is 6.57. The molecule has 8 heteroatoms. The van der Waals surface area contributed by atoms with E-state index in [1.807, 2.05) is 6.92 Å². The van der Waals surface area contributed by atoms with Gasteiger partial charge in [-0.2, -0.15) is 0 Å². The third-order valence-corrected chi connectivity index (χ3v) is 3.65. The Labute approximate surface area is 125 Å². The topological polar surface area (TPSA) is 114 Å². The molecule has 1 aromatic heterocycles. The summed E-state index contributed by atoms with van der Waals surface area (Å²) in [5.41, 5.74) is 1.35. The molecule has 0 aromatic carbocycles. The van der Waals surface area contributed by atoms with E-state index in [1.54, 1.807) is 19.2 Å². The van der Waals surface area contributed by atoms with Crippen LogP contribution in [-0.2, 0) is 16.4 Å². The Hall–Kier alpha value is -1.67. The van der Waals surface area contributed by atoms with Crippen LogP contribution in [0.25, 0.3) is 0 Å². The van der Waals surface area contributed by atoms with E-state index in [9.17, 15) is 13.2 Å². The van der Waals surface area contributed by atoms with Gasteiger partial charge in [-0.3, -0.25) is 4.79 Å². The molecule has 1 rings (SSSR count). The molecule has 0 saturated carbocycles. The Morgan fingerprint density at radius 2 is 2.10 bits per heavy atom. The molecule has 0 spiro atoms. The van der Waals surface area contributed by atoms with Crippen LogP contribution in [0.3, 0.4) is 0 Å². The van der Waals surface area contributed by atoms with Crippen LogP contribution < -0.4 is 15.8 Å². The number of hydrogen-bond donors (Lipinski definition) is 3. The number of rotatable bonds is 8. The average molecular weight is 314 g/mol. The van der Waals surface area contributed by atoms with Crippen LogP contribution in [0, 0.1) is 0 Å². The summed E-state index contributed by atoms with van der Waals surface area (Å²) >= 11 is 0. The van der Waals surface area contributed by atoms with Crippen molar-refractivity contribution in [3.8, 4) is 0 Å². The molecular weight excluding hydrogens is 292 g/mol. The third kappa shape index (κ3) is 6.54. The first-order valence-electron chi connectivity index (χ1n) is 6.83. The molecule has 4 N–H and O–H groups in total. The molecule has 0 aliphatic rings. The summed E-state index contributed by atoms with van der Waals surface area (Å²) in [5.74, 6) is 0.239. The highest BCUT2D eigenvalue weighted by atomic mass is 32.2. The maximum absolute atomic E-state index is 12.0. The van der Waals surface area contributed by atoms with E-state index in [1.165, 1.54) is 0 Å². The summed E-state index contributed by atoms with van der Waals surface area (Å²) in [5, 5.41) is 10.5. The number of carbonyl (C=O) groups excluding carboxylic acids is 1. The van der Waals surface area contributed by atoms with E-state index < -0.39 is 10.0 Å². The molecule has 0 bridgehead atoms. The zero-order valence-corrected chi connectivity index (χ0v) is 13.2. The highest BCUT2D eigenvalue weighted by molar-refractivity contribution is 7.89. The highest BCUT2D eigenvalue weighted by Gasteiger charge is 2.10. The second kappa shape index (κ2) is 7.94. The molecule has 1 heterocycles. The van der Waals surface area contributed by atoms with Crippen LogP contribution in [0.15, 0.2) is 12.1 Å². The van der Waals surface area contributed by atoms with E-state index in [4.69, 9.17) is 5.14 Å². The van der Waals surface area contributed by atoms with Gasteiger partial charge in [-0.05, 0) is 25.0 Å². The number of nitrogens with one attached hydrogen (secondary N) is 2. The summed E-state index contributed by atoms with van der Waals surface area (Å²) in [4.78, 5) is 16.4. The molecule has 0 aliphatic heterocycles. The van der Waals surface area contributed by atoms with Crippen LogP contribution in [0.4, 0.5) is 5.82 Å². The summed E-state index contributed by atoms with van der Waals surface area (Å²) in [6, 6.07) is 3.41. The van der Waals surface area contributed by atoms with Crippen molar-refractivity contribution < 1.29 is 13.2 Å². The minimum absolute atomic E-state index is 0.146. The largest absolute Gasteiger partial charge is 0.373 e. The van der Waals surface area contributed by atoms with Gasteiger partial charge in [0.2, 0.25) is 10.0 Å². The predicted molar refractivity (Wildman–Crippen MR) is 82.7 cm³/mol. The minimum atomic E-state index is -3.48. The number of amides is 1. The number of carbonyl (C=O) groups is 1. The molecule has 1 amide bonds. The van der Waals surface area contributed by atoms with Crippen LogP contribution >= 0.6 is 0 Å². The van der Waals surface area contributed by atoms with Gasteiger partial charge < -0.3 is 10.6 Å². The third-order valence-electron chi connectivity index (χ3n) is 2.79. The first-order chi connectivity index (χ1) is 9.85. The number of aromatic nitrogens is 1. The van der Waals surface area contributed by atoms with Crippen molar-refractivity contribution in [2.45, 2.75) is 26.2 Å². The summed E-state index contributed by atoms with van der Waals surface area (Å²) < 4.78 is 21.6. The van der Waals surface area contributed by atoms with Crippen molar-refractivity contribution in [1.29, 1.82) is 0 Å². The number of primary sulfonamides is 1. The zero-order valence-electron chi connectivity index (χ0n) is 12.3. The van der Waals surface area contributed by atoms with Gasteiger partial charge in [-0.15, -0.1) is 0 Å². The number of aryl methyl sites for hydroxylation is 1. The quantitative estimate of drug-likeness (QED) is 0.604. The molecule has 0 unspecified atom stereocenters. The number of nitrogens with zero attached hydrogens (tertiary/aromatic N) is 1. The van der Waals surface area contributed by atoms with Gasteiger partial charge in [0.15, 0.2) is 0 Å². The molecule has 1 aromatic rings. The SMILES string of the molecule is CCCc1cc(C(=O)NCCCS(N)(=O)=O)cc(NC)n1. The minimum Gasteiger partial charge on any atom is -0.373 e. The van der Waals surface area contributed by atoms with E-state index in [-0.39, 0.29) is 24.6 Å². The molecule has 0 fully saturated rings. The lowest BCUT2D eigenvalue weighted by molar-refractivity contribution is 0.0953. The van der Waals surface area contributed by atoms with Crippen molar-refractivity contribution in [2.24, 2.45) is 5.14 Å². The number of hydrogen-bond acceptors (Lipinski definition) is 5. The molecule has 7 nitrogen and oxygen atoms in total. The van der Waals surface area contributed by atoms with Crippen LogP contribution in [-0.4, -0.2) is 38.7 Å². The van der Waals surface area contributed by atoms with Gasteiger partial charge in [0, 0.05) is 24.8 Å². The predicted octanol–water partition coefficient (Wildman–Crippen LogP) is 0.484. The van der Waals surface area contributed by atoms with Crippen molar-refractivity contribution in [3.05, 3.63) is 23.4 Å². The fourth-order valence-electron chi connectivity index (χ4n) is 1.81. The summed E-state index contributed by atoms with van der Waals surface area (Å²) in [7, 11) is -1.74. The smallest absolute Gasteiger partial charge is 0.251 e. The normalized spacial score (nSPS) is 11.2. The zero-order chi connectivity index (χ0) is 15.9. The van der Waals surface area contributed by atoms with Crippen LogP contribution in [0.1, 0.15) is 35.8 Å². The van der Waals surface area contributed by atoms with Crippen molar-refractivity contribution >= 4 is 21.7 Å². The molecule has 0 aliphatic carbocycles. The number of pyridine rings is 1. The molecule has 21 heavy (non-hydrogen) atoms. The molecule has 0 radical (unpaired) electrons. The van der Waals surface area contributed by atoms with E-state index in [0.717, 1.165) is 18.5 Å². The fraction of sp³-hybridized carbons (Fsp3) is 0.538. The molecule has 118 valence electrons. The second-order valence-corrected chi connectivity index (χ2v) is 6.44. The van der Waals surface area contributed by atoms with E-state index in [0.29, 0.717) is 11.4 Å². The number of nitrogens with two attached hydrogens (primary N) is 1. The standard InChI is InChI=1S/C13H22N4O3S/c1-3-5-11-8-10(9-12(15-2)17-11)13(18)16-6-4-7-21(14,19)20/h8-9H,3-7H2,1-2H3,(H,15,17)(H,16,18)(H2,14,19,20). The van der Waals surface area contributed by atoms with Gasteiger partial charge in [0.1, 0.15) is 5.82 Å². The van der Waals surface area contributed by atoms with Crippen molar-refractivity contribution in [2.75, 3.05) is 24.7 Å². The fourth-order valence-corrected chi connectivity index (χ4v) is 2.36. The lowest BCUT2D eigenvalue weighted by Crippen LogP contribution is -2.27. The summed E-state index contributed by atoms with van der Waals surface area (Å²) in [6.45, 7) is 2.30. The van der Waals surface area contributed by atoms with Gasteiger partial charge in [-0.1, -0.05) is 13.3 Å². The Bertz CT molecular complexity index is 587. The first-order valence-corrected chi connectivity index (χ1v) is 8.54. The van der Waals surface area contributed by atoms with Crippen LogP contribution in [0.5, 0.6) is 0 Å². The number of sulfonamides is 1. The molecule has 0 saturated heterocycles. The highest BCUT2D eigenvalue weighted by Crippen LogP contribution is 2.11. The Morgan fingerprint density at radius 3 is 2.67 bits per heavy atom. The van der Waals surface area contributed by atoms with Crippen molar-refractivity contribution in [3.63, 3.8) is 0 Å². The average Bonchev–Trinajstić information content (AvgIpc) is 2.42. The van der Waals surface area contributed by atoms with Crippen LogP contribution in [0.2, 0.25) is 0 Å². The summed E-state index contributed by atoms with van der Waals surface area (Å²) in [6.07, 6.45) is 2.02. The molecular formula is C13H22N4O3S. The first kappa shape index (κ1) is 17.4.